The molecule has 1 N–H and O–H groups in total. The molecule has 0 aliphatic heterocycles. The van der Waals surface area contributed by atoms with Crippen LogP contribution in [0.5, 0.6) is 0 Å². The number of halogens is 1. The molecule has 0 aliphatic rings. The second kappa shape index (κ2) is 4.19. The summed E-state index contributed by atoms with van der Waals surface area (Å²) >= 11 is 4.98. The fourth-order valence-electron chi connectivity index (χ4n) is 1.17. The number of nitrogens with one attached hydrogen (secondary N) is 1. The number of rotatable bonds is 3. The van der Waals surface area contributed by atoms with Gasteiger partial charge in [-0.05, 0) is 45.9 Å². The monoisotopic (exact) mass is 271 g/mol. The normalized spacial score (nSPS) is 10.4. The van der Waals surface area contributed by atoms with Gasteiger partial charge in [0, 0.05) is 11.1 Å². The van der Waals surface area contributed by atoms with Crippen molar-refractivity contribution in [3.8, 4) is 0 Å². The maximum Gasteiger partial charge on any atom is 0.169 e. The Morgan fingerprint density at radius 2 is 2.29 bits per heavy atom. The molecule has 2 rings (SSSR count). The molecule has 0 atom stereocenters. The van der Waals surface area contributed by atoms with Crippen LogP contribution >= 0.6 is 27.3 Å². The predicted molar refractivity (Wildman–Crippen MR) is 62.8 cm³/mol. The highest BCUT2D eigenvalue weighted by Crippen LogP contribution is 2.21. The molecule has 74 valence electrons. The van der Waals surface area contributed by atoms with Crippen LogP contribution in [0.15, 0.2) is 32.0 Å². The van der Waals surface area contributed by atoms with Crippen molar-refractivity contribution in [3.05, 3.63) is 38.9 Å². The molecule has 0 aliphatic carbocycles. The van der Waals surface area contributed by atoms with E-state index in [1.54, 1.807) is 11.3 Å². The number of thiophene rings is 1. The van der Waals surface area contributed by atoms with Gasteiger partial charge in [-0.3, -0.25) is 0 Å². The molecule has 2 aromatic heterocycles. The summed E-state index contributed by atoms with van der Waals surface area (Å²) in [6, 6.07) is 3.86. The highest BCUT2D eigenvalue weighted by atomic mass is 79.9. The van der Waals surface area contributed by atoms with E-state index in [0.717, 1.165) is 17.0 Å². The standard InChI is InChI=1S/C10H10BrNOS/c1-7-5-14-6-9(7)12-4-8-2-3-10(11)13-8/h2-3,5-6,12H,4H2,1H3. The Hall–Kier alpha value is -0.740. The van der Waals surface area contributed by atoms with Gasteiger partial charge < -0.3 is 9.73 Å². The Balaban J connectivity index is 1.98. The first-order chi connectivity index (χ1) is 6.75. The molecule has 2 heterocycles. The van der Waals surface area contributed by atoms with E-state index in [9.17, 15) is 0 Å². The second-order valence-electron chi connectivity index (χ2n) is 3.03. The third-order valence-corrected chi connectivity index (χ3v) is 3.23. The van der Waals surface area contributed by atoms with Gasteiger partial charge >= 0.3 is 0 Å². The molecular formula is C10H10BrNOS. The number of hydrogen-bond donors (Lipinski definition) is 1. The molecule has 0 spiro atoms. The first kappa shape index (κ1) is 9.80. The average Bonchev–Trinajstić information content (AvgIpc) is 2.72. The summed E-state index contributed by atoms with van der Waals surface area (Å²) in [5.74, 6) is 0.933. The zero-order chi connectivity index (χ0) is 9.97. The van der Waals surface area contributed by atoms with Crippen LogP contribution in [0, 0.1) is 6.92 Å². The molecule has 4 heteroatoms. The lowest BCUT2D eigenvalue weighted by Crippen LogP contribution is -1.97. The lowest BCUT2D eigenvalue weighted by atomic mass is 10.3. The molecule has 2 aromatic rings. The van der Waals surface area contributed by atoms with Gasteiger partial charge in [-0.1, -0.05) is 0 Å². The Labute approximate surface area is 95.1 Å². The van der Waals surface area contributed by atoms with Crippen LogP contribution in [0.3, 0.4) is 0 Å². The molecule has 0 saturated carbocycles. The summed E-state index contributed by atoms with van der Waals surface area (Å²) in [5, 5.41) is 7.55. The van der Waals surface area contributed by atoms with Gasteiger partial charge in [0.25, 0.3) is 0 Å². The second-order valence-corrected chi connectivity index (χ2v) is 4.55. The van der Waals surface area contributed by atoms with E-state index < -0.39 is 0 Å². The van der Waals surface area contributed by atoms with Gasteiger partial charge in [0.2, 0.25) is 0 Å². The molecule has 0 saturated heterocycles. The van der Waals surface area contributed by atoms with Crippen molar-refractivity contribution in [1.29, 1.82) is 0 Å². The Morgan fingerprint density at radius 1 is 1.43 bits per heavy atom. The zero-order valence-corrected chi connectivity index (χ0v) is 10.1. The van der Waals surface area contributed by atoms with Crippen LogP contribution in [0.4, 0.5) is 5.69 Å². The van der Waals surface area contributed by atoms with Gasteiger partial charge in [-0.15, -0.1) is 11.3 Å². The third kappa shape index (κ3) is 2.19. The minimum atomic E-state index is 0.725. The van der Waals surface area contributed by atoms with Crippen molar-refractivity contribution in [2.75, 3.05) is 5.32 Å². The Morgan fingerprint density at radius 3 is 2.86 bits per heavy atom. The molecule has 0 radical (unpaired) electrons. The van der Waals surface area contributed by atoms with E-state index >= 15 is 0 Å². The third-order valence-electron chi connectivity index (χ3n) is 1.94. The van der Waals surface area contributed by atoms with Gasteiger partial charge in [0.15, 0.2) is 4.67 Å². The zero-order valence-electron chi connectivity index (χ0n) is 7.71. The number of aryl methyl sites for hydroxylation is 1. The maximum atomic E-state index is 5.38. The topological polar surface area (TPSA) is 25.2 Å². The van der Waals surface area contributed by atoms with E-state index in [1.807, 2.05) is 12.1 Å². The van der Waals surface area contributed by atoms with Crippen molar-refractivity contribution in [2.45, 2.75) is 13.5 Å². The van der Waals surface area contributed by atoms with Gasteiger partial charge in [0.05, 0.1) is 6.54 Å². The summed E-state index contributed by atoms with van der Waals surface area (Å²) in [5.41, 5.74) is 2.46. The van der Waals surface area contributed by atoms with Crippen LogP contribution in [0.25, 0.3) is 0 Å². The summed E-state index contributed by atoms with van der Waals surface area (Å²) in [4.78, 5) is 0. The molecule has 0 amide bonds. The van der Waals surface area contributed by atoms with E-state index in [1.165, 1.54) is 11.3 Å². The van der Waals surface area contributed by atoms with Gasteiger partial charge in [-0.2, -0.15) is 0 Å². The van der Waals surface area contributed by atoms with Crippen LogP contribution < -0.4 is 5.32 Å². The van der Waals surface area contributed by atoms with Crippen LogP contribution in [0.1, 0.15) is 11.3 Å². The van der Waals surface area contributed by atoms with E-state index in [2.05, 4.69) is 38.9 Å². The van der Waals surface area contributed by atoms with Crippen molar-refractivity contribution in [2.24, 2.45) is 0 Å². The summed E-state index contributed by atoms with van der Waals surface area (Å²) in [6.45, 7) is 2.82. The average molecular weight is 272 g/mol. The molecule has 0 unspecified atom stereocenters. The number of hydrogen-bond acceptors (Lipinski definition) is 3. The smallest absolute Gasteiger partial charge is 0.169 e. The van der Waals surface area contributed by atoms with E-state index in [0.29, 0.717) is 0 Å². The van der Waals surface area contributed by atoms with E-state index in [-0.39, 0.29) is 0 Å². The van der Waals surface area contributed by atoms with Crippen molar-refractivity contribution in [3.63, 3.8) is 0 Å². The summed E-state index contributed by atoms with van der Waals surface area (Å²) < 4.78 is 6.15. The largest absolute Gasteiger partial charge is 0.452 e. The Kier molecular flexibility index (Phi) is 2.93. The van der Waals surface area contributed by atoms with Crippen LogP contribution in [-0.4, -0.2) is 0 Å². The number of anilines is 1. The lowest BCUT2D eigenvalue weighted by molar-refractivity contribution is 0.495. The lowest BCUT2D eigenvalue weighted by Gasteiger charge is -2.02. The van der Waals surface area contributed by atoms with Crippen LogP contribution in [0.2, 0.25) is 0 Å². The quantitative estimate of drug-likeness (QED) is 0.912. The number of furan rings is 1. The summed E-state index contributed by atoms with van der Waals surface area (Å²) in [7, 11) is 0. The molecule has 14 heavy (non-hydrogen) atoms. The summed E-state index contributed by atoms with van der Waals surface area (Å²) in [6.07, 6.45) is 0. The molecular weight excluding hydrogens is 262 g/mol. The highest BCUT2D eigenvalue weighted by Gasteiger charge is 2.01. The van der Waals surface area contributed by atoms with Gasteiger partial charge in [-0.25, -0.2) is 0 Å². The molecule has 2 nitrogen and oxygen atoms in total. The predicted octanol–water partition coefficient (Wildman–Crippen LogP) is 4.02. The van der Waals surface area contributed by atoms with Crippen molar-refractivity contribution >= 4 is 33.0 Å². The first-order valence-corrected chi connectivity index (χ1v) is 6.00. The maximum absolute atomic E-state index is 5.38. The van der Waals surface area contributed by atoms with Crippen LogP contribution in [-0.2, 0) is 6.54 Å². The minimum absolute atomic E-state index is 0.725. The van der Waals surface area contributed by atoms with E-state index in [4.69, 9.17) is 4.42 Å². The fraction of sp³-hybridized carbons (Fsp3) is 0.200. The minimum Gasteiger partial charge on any atom is -0.452 e. The highest BCUT2D eigenvalue weighted by molar-refractivity contribution is 9.10. The fourth-order valence-corrected chi connectivity index (χ4v) is 2.32. The van der Waals surface area contributed by atoms with Crippen molar-refractivity contribution < 1.29 is 4.42 Å². The van der Waals surface area contributed by atoms with Crippen molar-refractivity contribution in [1.82, 2.24) is 0 Å². The SMILES string of the molecule is Cc1cscc1NCc1ccc(Br)o1. The molecule has 0 fully saturated rings. The Bertz CT molecular complexity index is 421. The van der Waals surface area contributed by atoms with Gasteiger partial charge in [0.1, 0.15) is 5.76 Å². The first-order valence-electron chi connectivity index (χ1n) is 4.26. The molecule has 0 aromatic carbocycles. The molecule has 0 bridgehead atoms.